The molecule has 0 aliphatic carbocycles. The maximum Gasteiger partial charge on any atom is 0.251 e. The van der Waals surface area contributed by atoms with Crippen LogP contribution in [0.5, 0.6) is 0 Å². The van der Waals surface area contributed by atoms with Crippen LogP contribution in [-0.2, 0) is 13.0 Å². The van der Waals surface area contributed by atoms with Crippen molar-refractivity contribution in [3.05, 3.63) is 58.6 Å². The molecule has 0 spiro atoms. The zero-order valence-electron chi connectivity index (χ0n) is 10.6. The van der Waals surface area contributed by atoms with Crippen LogP contribution in [0.25, 0.3) is 0 Å². The first-order chi connectivity index (χ1) is 9.19. The second-order valence-electron chi connectivity index (χ2n) is 4.03. The lowest BCUT2D eigenvalue weighted by Gasteiger charge is -2.06. The summed E-state index contributed by atoms with van der Waals surface area (Å²) < 4.78 is 0. The zero-order valence-corrected chi connectivity index (χ0v) is 11.3. The van der Waals surface area contributed by atoms with Crippen molar-refractivity contribution >= 4 is 17.5 Å². The molecule has 2 aromatic rings. The van der Waals surface area contributed by atoms with Crippen LogP contribution >= 0.6 is 11.6 Å². The highest BCUT2D eigenvalue weighted by Gasteiger charge is 2.08. The van der Waals surface area contributed by atoms with Crippen LogP contribution < -0.4 is 5.32 Å². The number of carbonyl (C=O) groups excluding carboxylic acids is 1. The third-order valence-electron chi connectivity index (χ3n) is 2.63. The lowest BCUT2D eigenvalue weighted by atomic mass is 10.2. The minimum atomic E-state index is -0.176. The van der Waals surface area contributed by atoms with Gasteiger partial charge in [0.05, 0.1) is 12.2 Å². The summed E-state index contributed by atoms with van der Waals surface area (Å²) in [6.07, 6.45) is 2.43. The summed E-state index contributed by atoms with van der Waals surface area (Å²) in [4.78, 5) is 20.3. The number of aromatic nitrogens is 2. The Labute approximate surface area is 116 Å². The number of aryl methyl sites for hydroxylation is 1. The Morgan fingerprint density at radius 3 is 2.84 bits per heavy atom. The quantitative estimate of drug-likeness (QED) is 0.873. The Kier molecular flexibility index (Phi) is 4.47. The van der Waals surface area contributed by atoms with Crippen molar-refractivity contribution in [2.75, 3.05) is 0 Å². The van der Waals surface area contributed by atoms with E-state index >= 15 is 0 Å². The maximum atomic E-state index is 12.0. The SMILES string of the molecule is CCc1cc(C(=O)NCc2ccccn2)cc(Cl)n1. The third-order valence-corrected chi connectivity index (χ3v) is 2.82. The first-order valence-corrected chi connectivity index (χ1v) is 6.41. The molecule has 0 fully saturated rings. The van der Waals surface area contributed by atoms with Gasteiger partial charge in [-0.05, 0) is 30.7 Å². The van der Waals surface area contributed by atoms with Gasteiger partial charge in [-0.3, -0.25) is 9.78 Å². The van der Waals surface area contributed by atoms with Crippen LogP contribution in [0.4, 0.5) is 0 Å². The molecule has 2 heterocycles. The fourth-order valence-electron chi connectivity index (χ4n) is 1.64. The topological polar surface area (TPSA) is 54.9 Å². The fourth-order valence-corrected chi connectivity index (χ4v) is 1.87. The van der Waals surface area contributed by atoms with Gasteiger partial charge in [0, 0.05) is 17.5 Å². The smallest absolute Gasteiger partial charge is 0.251 e. The van der Waals surface area contributed by atoms with E-state index < -0.39 is 0 Å². The van der Waals surface area contributed by atoms with Crippen molar-refractivity contribution in [2.45, 2.75) is 19.9 Å². The molecule has 0 saturated carbocycles. The standard InChI is InChI=1S/C14H14ClN3O/c1-2-11-7-10(8-13(15)18-11)14(19)17-9-12-5-3-4-6-16-12/h3-8H,2,9H2,1H3,(H,17,19). The summed E-state index contributed by atoms with van der Waals surface area (Å²) in [5.74, 6) is -0.176. The summed E-state index contributed by atoms with van der Waals surface area (Å²) in [6, 6.07) is 8.89. The molecular weight excluding hydrogens is 262 g/mol. The highest BCUT2D eigenvalue weighted by atomic mass is 35.5. The van der Waals surface area contributed by atoms with Gasteiger partial charge in [0.2, 0.25) is 0 Å². The largest absolute Gasteiger partial charge is 0.346 e. The van der Waals surface area contributed by atoms with Crippen LogP contribution in [0.15, 0.2) is 36.5 Å². The highest BCUT2D eigenvalue weighted by molar-refractivity contribution is 6.29. The molecule has 19 heavy (non-hydrogen) atoms. The first-order valence-electron chi connectivity index (χ1n) is 6.03. The Balaban J connectivity index is 2.06. The Morgan fingerprint density at radius 2 is 2.16 bits per heavy atom. The first kappa shape index (κ1) is 13.5. The minimum Gasteiger partial charge on any atom is -0.346 e. The number of nitrogens with zero attached hydrogens (tertiary/aromatic N) is 2. The van der Waals surface area contributed by atoms with Crippen molar-refractivity contribution in [3.63, 3.8) is 0 Å². The second-order valence-corrected chi connectivity index (χ2v) is 4.41. The van der Waals surface area contributed by atoms with Gasteiger partial charge in [-0.2, -0.15) is 0 Å². The van der Waals surface area contributed by atoms with Crippen molar-refractivity contribution in [3.8, 4) is 0 Å². The lowest BCUT2D eigenvalue weighted by Crippen LogP contribution is -2.23. The molecule has 0 saturated heterocycles. The van der Waals surface area contributed by atoms with Gasteiger partial charge in [0.1, 0.15) is 5.15 Å². The zero-order chi connectivity index (χ0) is 13.7. The number of rotatable bonds is 4. The minimum absolute atomic E-state index is 0.176. The fraction of sp³-hybridized carbons (Fsp3) is 0.214. The second kappa shape index (κ2) is 6.29. The van der Waals surface area contributed by atoms with Gasteiger partial charge in [-0.25, -0.2) is 4.98 Å². The molecule has 0 atom stereocenters. The third kappa shape index (κ3) is 3.76. The van der Waals surface area contributed by atoms with Gasteiger partial charge in [0.25, 0.3) is 5.91 Å². The van der Waals surface area contributed by atoms with Gasteiger partial charge >= 0.3 is 0 Å². The van der Waals surface area contributed by atoms with E-state index in [0.29, 0.717) is 17.3 Å². The Hall–Kier alpha value is -1.94. The molecule has 2 rings (SSSR count). The van der Waals surface area contributed by atoms with Gasteiger partial charge in [-0.15, -0.1) is 0 Å². The van der Waals surface area contributed by atoms with Crippen molar-refractivity contribution in [1.82, 2.24) is 15.3 Å². The van der Waals surface area contributed by atoms with E-state index in [1.165, 1.54) is 0 Å². The van der Waals surface area contributed by atoms with E-state index in [0.717, 1.165) is 17.8 Å². The molecule has 98 valence electrons. The van der Waals surface area contributed by atoms with Crippen molar-refractivity contribution in [2.24, 2.45) is 0 Å². The molecule has 0 radical (unpaired) electrons. The van der Waals surface area contributed by atoms with E-state index in [9.17, 15) is 4.79 Å². The molecule has 1 amide bonds. The van der Waals surface area contributed by atoms with Crippen LogP contribution in [0.3, 0.4) is 0 Å². The summed E-state index contributed by atoms with van der Waals surface area (Å²) >= 11 is 5.89. The van der Waals surface area contributed by atoms with E-state index in [2.05, 4.69) is 15.3 Å². The number of pyridine rings is 2. The van der Waals surface area contributed by atoms with Crippen molar-refractivity contribution in [1.29, 1.82) is 0 Å². The number of carbonyl (C=O) groups is 1. The average molecular weight is 276 g/mol. The molecular formula is C14H14ClN3O. The summed E-state index contributed by atoms with van der Waals surface area (Å²) in [7, 11) is 0. The Morgan fingerprint density at radius 1 is 1.32 bits per heavy atom. The maximum absolute atomic E-state index is 12.0. The Bertz CT molecular complexity index is 572. The molecule has 0 unspecified atom stereocenters. The van der Waals surface area contributed by atoms with Crippen LogP contribution in [0.1, 0.15) is 28.7 Å². The average Bonchev–Trinajstić information content (AvgIpc) is 2.45. The molecule has 0 bridgehead atoms. The number of hydrogen-bond acceptors (Lipinski definition) is 3. The van der Waals surface area contributed by atoms with Crippen LogP contribution in [0, 0.1) is 0 Å². The number of hydrogen-bond donors (Lipinski definition) is 1. The lowest BCUT2D eigenvalue weighted by molar-refractivity contribution is 0.0950. The highest BCUT2D eigenvalue weighted by Crippen LogP contribution is 2.11. The van der Waals surface area contributed by atoms with E-state index in [1.807, 2.05) is 25.1 Å². The van der Waals surface area contributed by atoms with Gasteiger partial charge in [0.15, 0.2) is 0 Å². The summed E-state index contributed by atoms with van der Waals surface area (Å²) in [5, 5.41) is 3.14. The van der Waals surface area contributed by atoms with E-state index in [-0.39, 0.29) is 5.91 Å². The predicted molar refractivity (Wildman–Crippen MR) is 74.0 cm³/mol. The number of amides is 1. The van der Waals surface area contributed by atoms with Crippen LogP contribution in [-0.4, -0.2) is 15.9 Å². The summed E-state index contributed by atoms with van der Waals surface area (Å²) in [6.45, 7) is 2.36. The number of halogens is 1. The van der Waals surface area contributed by atoms with E-state index in [4.69, 9.17) is 11.6 Å². The van der Waals surface area contributed by atoms with Gasteiger partial charge < -0.3 is 5.32 Å². The molecule has 1 N–H and O–H groups in total. The molecule has 2 aromatic heterocycles. The molecule has 4 nitrogen and oxygen atoms in total. The normalized spacial score (nSPS) is 10.2. The van der Waals surface area contributed by atoms with Gasteiger partial charge in [-0.1, -0.05) is 24.6 Å². The van der Waals surface area contributed by atoms with Crippen LogP contribution in [0.2, 0.25) is 5.15 Å². The predicted octanol–water partition coefficient (Wildman–Crippen LogP) is 2.62. The monoisotopic (exact) mass is 275 g/mol. The molecule has 5 heteroatoms. The van der Waals surface area contributed by atoms with Crippen molar-refractivity contribution < 1.29 is 4.79 Å². The summed E-state index contributed by atoms with van der Waals surface area (Å²) in [5.41, 5.74) is 2.13. The molecule has 0 aliphatic rings. The molecule has 0 aromatic carbocycles. The molecule has 0 aliphatic heterocycles. The number of nitrogens with one attached hydrogen (secondary N) is 1. The van der Waals surface area contributed by atoms with E-state index in [1.54, 1.807) is 18.3 Å².